The van der Waals surface area contributed by atoms with Gasteiger partial charge in [-0.15, -0.1) is 12.6 Å². The predicted octanol–water partition coefficient (Wildman–Crippen LogP) is 3.30. The minimum Gasteiger partial charge on any atom is -0.384 e. The number of rotatable bonds is 7. The summed E-state index contributed by atoms with van der Waals surface area (Å²) in [5.74, 6) is 0.478. The zero-order chi connectivity index (χ0) is 15.5. The summed E-state index contributed by atoms with van der Waals surface area (Å²) in [6.45, 7) is 3.02. The number of hydrogen-bond acceptors (Lipinski definition) is 4. The maximum atomic E-state index is 13.4. The first-order valence-electron chi connectivity index (χ1n) is 8.02. The summed E-state index contributed by atoms with van der Waals surface area (Å²) in [5.41, 5.74) is 0.643. The van der Waals surface area contributed by atoms with E-state index in [4.69, 9.17) is 11.6 Å². The van der Waals surface area contributed by atoms with Gasteiger partial charge in [0, 0.05) is 23.5 Å². The molecule has 1 aromatic rings. The Balaban J connectivity index is 1.32. The largest absolute Gasteiger partial charge is 0.384 e. The molecule has 3 nitrogen and oxygen atoms in total. The van der Waals surface area contributed by atoms with Gasteiger partial charge in [-0.2, -0.15) is 0 Å². The molecule has 0 radical (unpaired) electrons. The molecule has 22 heavy (non-hydrogen) atoms. The molecule has 3 rings (SSSR count). The SMILES string of the molecule is Fc1cc(NCCCCNC2C[C@@H]3C[C@H]2CN3)c(Cl)cc1S. The smallest absolute Gasteiger partial charge is 0.138 e. The van der Waals surface area contributed by atoms with E-state index in [-0.39, 0.29) is 10.7 Å². The Morgan fingerprint density at radius 2 is 2.09 bits per heavy atom. The van der Waals surface area contributed by atoms with Gasteiger partial charge in [-0.1, -0.05) is 11.6 Å². The third-order valence-electron chi connectivity index (χ3n) is 4.73. The van der Waals surface area contributed by atoms with E-state index in [0.717, 1.165) is 37.9 Å². The molecule has 3 atom stereocenters. The van der Waals surface area contributed by atoms with Crippen molar-refractivity contribution in [2.75, 3.05) is 25.0 Å². The Hall–Kier alpha value is -0.490. The number of benzene rings is 1. The Morgan fingerprint density at radius 3 is 2.82 bits per heavy atom. The Kier molecular flexibility index (Phi) is 5.50. The lowest BCUT2D eigenvalue weighted by Crippen LogP contribution is -2.41. The highest BCUT2D eigenvalue weighted by molar-refractivity contribution is 7.80. The molecule has 2 bridgehead atoms. The summed E-state index contributed by atoms with van der Waals surface area (Å²) in [4.78, 5) is 0.278. The van der Waals surface area contributed by atoms with Gasteiger partial charge >= 0.3 is 0 Å². The van der Waals surface area contributed by atoms with Crippen LogP contribution in [-0.2, 0) is 0 Å². The summed E-state index contributed by atoms with van der Waals surface area (Å²) in [6, 6.07) is 4.39. The molecule has 1 aromatic carbocycles. The van der Waals surface area contributed by atoms with Crippen LogP contribution in [0, 0.1) is 11.7 Å². The van der Waals surface area contributed by atoms with Gasteiger partial charge in [-0.05, 0) is 56.8 Å². The van der Waals surface area contributed by atoms with E-state index >= 15 is 0 Å². The minimum absolute atomic E-state index is 0.278. The summed E-state index contributed by atoms with van der Waals surface area (Å²) in [5, 5.41) is 10.9. The van der Waals surface area contributed by atoms with Crippen molar-refractivity contribution < 1.29 is 4.39 Å². The molecule has 1 heterocycles. The van der Waals surface area contributed by atoms with Crippen LogP contribution >= 0.6 is 24.2 Å². The summed E-state index contributed by atoms with van der Waals surface area (Å²) in [6.07, 6.45) is 4.75. The van der Waals surface area contributed by atoms with Crippen LogP contribution in [0.25, 0.3) is 0 Å². The van der Waals surface area contributed by atoms with Gasteiger partial charge in [0.15, 0.2) is 0 Å². The van der Waals surface area contributed by atoms with Crippen molar-refractivity contribution in [2.45, 2.75) is 42.7 Å². The molecule has 3 N–H and O–H groups in total. The van der Waals surface area contributed by atoms with E-state index in [1.54, 1.807) is 0 Å². The second-order valence-corrected chi connectivity index (χ2v) is 7.20. The van der Waals surface area contributed by atoms with E-state index < -0.39 is 0 Å². The normalized spacial score (nSPS) is 26.6. The van der Waals surface area contributed by atoms with Crippen LogP contribution in [0.1, 0.15) is 25.7 Å². The van der Waals surface area contributed by atoms with Crippen LogP contribution in [0.5, 0.6) is 0 Å². The van der Waals surface area contributed by atoms with Gasteiger partial charge in [0.05, 0.1) is 10.7 Å². The highest BCUT2D eigenvalue weighted by atomic mass is 35.5. The fourth-order valence-electron chi connectivity index (χ4n) is 3.52. The zero-order valence-corrected chi connectivity index (χ0v) is 14.2. The second kappa shape index (κ2) is 7.39. The van der Waals surface area contributed by atoms with Crippen molar-refractivity contribution in [1.29, 1.82) is 0 Å². The number of fused-ring (bicyclic) bond motifs is 2. The van der Waals surface area contributed by atoms with E-state index in [1.165, 1.54) is 31.5 Å². The Bertz CT molecular complexity index is 528. The topological polar surface area (TPSA) is 36.1 Å². The molecule has 1 aliphatic carbocycles. The molecular weight excluding hydrogens is 321 g/mol. The van der Waals surface area contributed by atoms with Crippen LogP contribution in [0.15, 0.2) is 17.0 Å². The molecule has 1 saturated carbocycles. The third-order valence-corrected chi connectivity index (χ3v) is 5.38. The molecule has 1 saturated heterocycles. The first-order chi connectivity index (χ1) is 10.6. The van der Waals surface area contributed by atoms with Crippen molar-refractivity contribution in [1.82, 2.24) is 10.6 Å². The standard InChI is InChI=1S/C16H23ClFN3S/c17-12-7-16(22)13(18)8-15(12)20-4-2-1-3-19-14-6-11-5-10(14)9-21-11/h7-8,10-11,14,19-22H,1-6,9H2/t10-,11-,14?/m0/s1. The zero-order valence-electron chi connectivity index (χ0n) is 12.5. The third kappa shape index (κ3) is 3.88. The highest BCUT2D eigenvalue weighted by Gasteiger charge is 2.38. The molecule has 1 aliphatic heterocycles. The lowest BCUT2D eigenvalue weighted by molar-refractivity contribution is 0.366. The van der Waals surface area contributed by atoms with Crippen molar-refractivity contribution >= 4 is 29.9 Å². The molecule has 1 unspecified atom stereocenters. The molecule has 0 aromatic heterocycles. The number of piperidine rings is 1. The second-order valence-electron chi connectivity index (χ2n) is 6.31. The van der Waals surface area contributed by atoms with Crippen LogP contribution in [0.2, 0.25) is 5.02 Å². The van der Waals surface area contributed by atoms with E-state index in [1.807, 2.05) is 0 Å². The van der Waals surface area contributed by atoms with Gasteiger partial charge in [0.1, 0.15) is 5.82 Å². The van der Waals surface area contributed by atoms with Gasteiger partial charge in [0.2, 0.25) is 0 Å². The number of unbranched alkanes of at least 4 members (excludes halogenated alkanes) is 1. The van der Waals surface area contributed by atoms with E-state index in [9.17, 15) is 4.39 Å². The van der Waals surface area contributed by atoms with Crippen LogP contribution in [0.4, 0.5) is 10.1 Å². The minimum atomic E-state index is -0.346. The van der Waals surface area contributed by atoms with Crippen LogP contribution in [-0.4, -0.2) is 31.7 Å². The maximum Gasteiger partial charge on any atom is 0.138 e. The van der Waals surface area contributed by atoms with E-state index in [2.05, 4.69) is 28.6 Å². The molecule has 6 heteroatoms. The summed E-state index contributed by atoms with van der Waals surface area (Å²) in [7, 11) is 0. The van der Waals surface area contributed by atoms with Crippen molar-refractivity contribution in [3.8, 4) is 0 Å². The Labute approximate surface area is 141 Å². The Morgan fingerprint density at radius 1 is 1.27 bits per heavy atom. The monoisotopic (exact) mass is 343 g/mol. The number of thiol groups is 1. The molecule has 0 amide bonds. The molecule has 2 aliphatic rings. The van der Waals surface area contributed by atoms with Gasteiger partial charge in [-0.25, -0.2) is 4.39 Å². The van der Waals surface area contributed by atoms with Crippen molar-refractivity contribution in [2.24, 2.45) is 5.92 Å². The fraction of sp³-hybridized carbons (Fsp3) is 0.625. The number of halogens is 2. The number of nitrogens with one attached hydrogen (secondary N) is 3. The average Bonchev–Trinajstić information content (AvgIpc) is 3.10. The average molecular weight is 344 g/mol. The van der Waals surface area contributed by atoms with Gasteiger partial charge in [0.25, 0.3) is 0 Å². The lowest BCUT2D eigenvalue weighted by Gasteiger charge is -2.23. The highest BCUT2D eigenvalue weighted by Crippen LogP contribution is 2.31. The molecule has 0 spiro atoms. The lowest BCUT2D eigenvalue weighted by atomic mass is 10.0. The number of hydrogen-bond donors (Lipinski definition) is 4. The number of anilines is 1. The van der Waals surface area contributed by atoms with E-state index in [0.29, 0.717) is 16.8 Å². The van der Waals surface area contributed by atoms with Crippen LogP contribution < -0.4 is 16.0 Å². The predicted molar refractivity (Wildman–Crippen MR) is 92.7 cm³/mol. The van der Waals surface area contributed by atoms with Gasteiger partial charge in [-0.3, -0.25) is 0 Å². The first-order valence-corrected chi connectivity index (χ1v) is 8.84. The first kappa shape index (κ1) is 16.4. The quantitative estimate of drug-likeness (QED) is 0.453. The molecular formula is C16H23ClFN3S. The van der Waals surface area contributed by atoms with Crippen molar-refractivity contribution in [3.05, 3.63) is 23.0 Å². The molecule has 2 fully saturated rings. The van der Waals surface area contributed by atoms with Crippen molar-refractivity contribution in [3.63, 3.8) is 0 Å². The summed E-state index contributed by atoms with van der Waals surface area (Å²) >= 11 is 10.1. The van der Waals surface area contributed by atoms with Gasteiger partial charge < -0.3 is 16.0 Å². The maximum absolute atomic E-state index is 13.4. The summed E-state index contributed by atoms with van der Waals surface area (Å²) < 4.78 is 13.4. The van der Waals surface area contributed by atoms with Crippen LogP contribution in [0.3, 0.4) is 0 Å². The fourth-order valence-corrected chi connectivity index (χ4v) is 4.02. The molecule has 122 valence electrons.